The predicted molar refractivity (Wildman–Crippen MR) is 65.9 cm³/mol. The minimum Gasteiger partial charge on any atom is -0.377 e. The van der Waals surface area contributed by atoms with Crippen LogP contribution >= 0.6 is 0 Å². The molecule has 0 amide bonds. The molecule has 0 radical (unpaired) electrons. The van der Waals surface area contributed by atoms with Crippen molar-refractivity contribution in [3.63, 3.8) is 0 Å². The maximum atomic E-state index is 5.80. The van der Waals surface area contributed by atoms with Gasteiger partial charge in [0.15, 0.2) is 0 Å². The van der Waals surface area contributed by atoms with Crippen molar-refractivity contribution >= 4 is 0 Å². The van der Waals surface area contributed by atoms with Crippen LogP contribution in [0.5, 0.6) is 0 Å². The Kier molecular flexibility index (Phi) is 4.22. The Morgan fingerprint density at radius 2 is 1.75 bits per heavy atom. The second-order valence-electron chi connectivity index (χ2n) is 5.52. The van der Waals surface area contributed by atoms with E-state index < -0.39 is 0 Å². The number of nitrogens with one attached hydrogen (secondary N) is 1. The van der Waals surface area contributed by atoms with Crippen LogP contribution in [0.25, 0.3) is 0 Å². The van der Waals surface area contributed by atoms with Gasteiger partial charge in [0.05, 0.1) is 11.6 Å². The summed E-state index contributed by atoms with van der Waals surface area (Å²) >= 11 is 0. The first-order valence-corrected chi connectivity index (χ1v) is 6.84. The van der Waals surface area contributed by atoms with Gasteiger partial charge in [0.25, 0.3) is 0 Å². The molecule has 0 aliphatic heterocycles. The molecule has 3 N–H and O–H groups in total. The molecule has 2 fully saturated rings. The number of hydrogen-bond acceptors (Lipinski definition) is 3. The highest BCUT2D eigenvalue weighted by Gasteiger charge is 2.47. The van der Waals surface area contributed by atoms with Crippen molar-refractivity contribution in [3.8, 4) is 0 Å². The first-order chi connectivity index (χ1) is 7.82. The number of rotatable bonds is 4. The number of hydrogen-bond donors (Lipinski definition) is 2. The molecule has 2 aliphatic rings. The molecule has 2 saturated carbocycles. The Labute approximate surface area is 99.1 Å². The highest BCUT2D eigenvalue weighted by atomic mass is 16.5. The van der Waals surface area contributed by atoms with Gasteiger partial charge in [-0.15, -0.1) is 0 Å². The van der Waals surface area contributed by atoms with Crippen LogP contribution in [0.3, 0.4) is 0 Å². The highest BCUT2D eigenvalue weighted by molar-refractivity contribution is 5.01. The van der Waals surface area contributed by atoms with Gasteiger partial charge >= 0.3 is 0 Å². The Morgan fingerprint density at radius 1 is 1.12 bits per heavy atom. The van der Waals surface area contributed by atoms with Gasteiger partial charge in [-0.3, -0.25) is 11.3 Å². The summed E-state index contributed by atoms with van der Waals surface area (Å²) in [5, 5.41) is 0. The molecule has 0 spiro atoms. The van der Waals surface area contributed by atoms with E-state index >= 15 is 0 Å². The van der Waals surface area contributed by atoms with E-state index in [0.29, 0.717) is 12.0 Å². The Bertz CT molecular complexity index is 202. The number of methoxy groups -OCH3 is 1. The molecule has 0 bridgehead atoms. The van der Waals surface area contributed by atoms with Crippen LogP contribution in [0.4, 0.5) is 0 Å². The normalized spacial score (nSPS) is 28.1. The lowest BCUT2D eigenvalue weighted by Crippen LogP contribution is -2.61. The lowest BCUT2D eigenvalue weighted by molar-refractivity contribution is -0.113. The molecule has 2 aliphatic carbocycles. The van der Waals surface area contributed by atoms with Crippen molar-refractivity contribution in [2.75, 3.05) is 7.11 Å². The van der Waals surface area contributed by atoms with E-state index in [1.54, 1.807) is 0 Å². The summed E-state index contributed by atoms with van der Waals surface area (Å²) in [4.78, 5) is 0. The minimum atomic E-state index is 0.0454. The zero-order chi connectivity index (χ0) is 11.4. The number of nitrogens with two attached hydrogens (primary N) is 1. The van der Waals surface area contributed by atoms with Crippen LogP contribution in [0.15, 0.2) is 0 Å². The molecule has 0 aromatic heterocycles. The van der Waals surface area contributed by atoms with Gasteiger partial charge < -0.3 is 4.74 Å². The van der Waals surface area contributed by atoms with Gasteiger partial charge in [-0.2, -0.15) is 0 Å². The van der Waals surface area contributed by atoms with Crippen molar-refractivity contribution in [1.29, 1.82) is 0 Å². The zero-order valence-corrected chi connectivity index (χ0v) is 10.5. The minimum absolute atomic E-state index is 0.0454. The molecule has 16 heavy (non-hydrogen) atoms. The maximum absolute atomic E-state index is 5.80. The van der Waals surface area contributed by atoms with Gasteiger partial charge in [0.2, 0.25) is 0 Å². The summed E-state index contributed by atoms with van der Waals surface area (Å²) in [6.07, 6.45) is 11.8. The van der Waals surface area contributed by atoms with E-state index in [1.807, 2.05) is 7.11 Å². The van der Waals surface area contributed by atoms with Crippen LogP contribution in [-0.2, 0) is 4.74 Å². The standard InChI is InChI=1S/C13H26N2O/c1-16-13(9-6-10-13)12(15-14)11-7-4-2-3-5-8-11/h11-12,15H,2-10,14H2,1H3. The fraction of sp³-hybridized carbons (Fsp3) is 1.00. The predicted octanol–water partition coefficient (Wildman–Crippen LogP) is 2.36. The molecule has 0 aromatic carbocycles. The van der Waals surface area contributed by atoms with Crippen LogP contribution in [0.1, 0.15) is 57.8 Å². The first kappa shape index (κ1) is 12.3. The summed E-state index contributed by atoms with van der Waals surface area (Å²) in [6, 6.07) is 0.365. The van der Waals surface area contributed by atoms with Crippen molar-refractivity contribution in [3.05, 3.63) is 0 Å². The second-order valence-corrected chi connectivity index (χ2v) is 5.52. The van der Waals surface area contributed by atoms with Crippen molar-refractivity contribution < 1.29 is 4.74 Å². The van der Waals surface area contributed by atoms with Gasteiger partial charge in [0.1, 0.15) is 0 Å². The van der Waals surface area contributed by atoms with E-state index in [1.165, 1.54) is 57.8 Å². The monoisotopic (exact) mass is 226 g/mol. The highest BCUT2D eigenvalue weighted by Crippen LogP contribution is 2.42. The van der Waals surface area contributed by atoms with Crippen LogP contribution in [0.2, 0.25) is 0 Å². The van der Waals surface area contributed by atoms with E-state index in [2.05, 4.69) is 5.43 Å². The van der Waals surface area contributed by atoms with E-state index in [9.17, 15) is 0 Å². The summed E-state index contributed by atoms with van der Waals surface area (Å²) in [6.45, 7) is 0. The molecule has 0 saturated heterocycles. The molecular formula is C13H26N2O. The largest absolute Gasteiger partial charge is 0.377 e. The molecule has 94 valence electrons. The fourth-order valence-corrected chi connectivity index (χ4v) is 3.53. The Hall–Kier alpha value is -0.120. The molecule has 2 rings (SSSR count). The first-order valence-electron chi connectivity index (χ1n) is 6.84. The summed E-state index contributed by atoms with van der Waals surface area (Å²) in [5.74, 6) is 6.51. The summed E-state index contributed by atoms with van der Waals surface area (Å²) < 4.78 is 5.78. The third-order valence-corrected chi connectivity index (χ3v) is 4.72. The molecule has 0 aromatic rings. The molecule has 3 heteroatoms. The topological polar surface area (TPSA) is 47.3 Å². The zero-order valence-electron chi connectivity index (χ0n) is 10.5. The van der Waals surface area contributed by atoms with E-state index in [-0.39, 0.29) is 5.60 Å². The molecule has 0 heterocycles. The maximum Gasteiger partial charge on any atom is 0.0847 e. The van der Waals surface area contributed by atoms with E-state index in [0.717, 1.165) is 0 Å². The van der Waals surface area contributed by atoms with E-state index in [4.69, 9.17) is 10.6 Å². The van der Waals surface area contributed by atoms with Gasteiger partial charge in [-0.25, -0.2) is 0 Å². The lowest BCUT2D eigenvalue weighted by atomic mass is 9.69. The summed E-state index contributed by atoms with van der Waals surface area (Å²) in [7, 11) is 1.85. The van der Waals surface area contributed by atoms with Crippen LogP contribution in [0, 0.1) is 5.92 Å². The smallest absolute Gasteiger partial charge is 0.0847 e. The van der Waals surface area contributed by atoms with Gasteiger partial charge in [-0.05, 0) is 38.0 Å². The van der Waals surface area contributed by atoms with Crippen molar-refractivity contribution in [2.24, 2.45) is 11.8 Å². The average molecular weight is 226 g/mol. The lowest BCUT2D eigenvalue weighted by Gasteiger charge is -2.49. The van der Waals surface area contributed by atoms with Gasteiger partial charge in [0, 0.05) is 7.11 Å². The average Bonchev–Trinajstić information content (AvgIpc) is 2.51. The molecule has 3 nitrogen and oxygen atoms in total. The summed E-state index contributed by atoms with van der Waals surface area (Å²) in [5.41, 5.74) is 3.11. The third kappa shape index (κ3) is 2.27. The number of hydrazine groups is 1. The number of ether oxygens (including phenoxy) is 1. The molecular weight excluding hydrogens is 200 g/mol. The third-order valence-electron chi connectivity index (χ3n) is 4.72. The fourth-order valence-electron chi connectivity index (χ4n) is 3.53. The second kappa shape index (κ2) is 5.48. The Morgan fingerprint density at radius 3 is 2.12 bits per heavy atom. The SMILES string of the molecule is COC1(C(NN)C2CCCCCC2)CCC1. The van der Waals surface area contributed by atoms with Crippen LogP contribution in [-0.4, -0.2) is 18.8 Å². The van der Waals surface area contributed by atoms with Crippen LogP contribution < -0.4 is 11.3 Å². The van der Waals surface area contributed by atoms with Crippen molar-refractivity contribution in [1.82, 2.24) is 5.43 Å². The quantitative estimate of drug-likeness (QED) is 0.439. The van der Waals surface area contributed by atoms with Crippen molar-refractivity contribution in [2.45, 2.75) is 69.4 Å². The molecule has 1 unspecified atom stereocenters. The van der Waals surface area contributed by atoms with Gasteiger partial charge in [-0.1, -0.05) is 25.7 Å². The molecule has 1 atom stereocenters. The Balaban J connectivity index is 2.02.